The molecule has 0 radical (unpaired) electrons. The van der Waals surface area contributed by atoms with E-state index in [2.05, 4.69) is 16.6 Å². The molecule has 0 aliphatic carbocycles. The van der Waals surface area contributed by atoms with E-state index in [-0.39, 0.29) is 12.4 Å². The molecule has 0 saturated carbocycles. The highest BCUT2D eigenvalue weighted by Gasteiger charge is 2.11. The fraction of sp³-hybridized carbons (Fsp3) is 0.312. The zero-order valence-corrected chi connectivity index (χ0v) is 13.6. The van der Waals surface area contributed by atoms with Crippen LogP contribution in [-0.4, -0.2) is 25.8 Å². The number of benzene rings is 1. The van der Waals surface area contributed by atoms with Gasteiger partial charge in [0.2, 0.25) is 10.0 Å². The van der Waals surface area contributed by atoms with Gasteiger partial charge in [-0.1, -0.05) is 25.1 Å². The lowest BCUT2D eigenvalue weighted by atomic mass is 10.2. The molecule has 2 aromatic rings. The Morgan fingerprint density at radius 2 is 1.86 bits per heavy atom. The summed E-state index contributed by atoms with van der Waals surface area (Å²) in [6.07, 6.45) is 0.960. The molecule has 0 atom stereocenters. The molecule has 0 aliphatic heterocycles. The molecule has 0 spiro atoms. The van der Waals surface area contributed by atoms with Crippen LogP contribution in [0.3, 0.4) is 0 Å². The molecule has 1 aromatic carbocycles. The maximum Gasteiger partial charge on any atom is 0.237 e. The molecule has 5 nitrogen and oxygen atoms in total. The quantitative estimate of drug-likeness (QED) is 0.852. The summed E-state index contributed by atoms with van der Waals surface area (Å²) in [7, 11) is -3.47. The number of ether oxygens (including phenoxy) is 1. The second kappa shape index (κ2) is 7.26. The van der Waals surface area contributed by atoms with Gasteiger partial charge in [-0.2, -0.15) is 0 Å². The second-order valence-electron chi connectivity index (χ2n) is 4.93. The zero-order valence-electron chi connectivity index (χ0n) is 12.7. The highest BCUT2D eigenvalue weighted by Crippen LogP contribution is 2.13. The number of aromatic nitrogens is 1. The van der Waals surface area contributed by atoms with Crippen LogP contribution in [0.2, 0.25) is 0 Å². The maximum absolute atomic E-state index is 12.0. The van der Waals surface area contributed by atoms with E-state index in [9.17, 15) is 8.42 Å². The molecule has 22 heavy (non-hydrogen) atoms. The number of hydrogen-bond donors (Lipinski definition) is 1. The van der Waals surface area contributed by atoms with Crippen molar-refractivity contribution in [2.75, 3.05) is 17.1 Å². The molecular weight excluding hydrogens is 300 g/mol. The molecule has 1 N–H and O–H groups in total. The number of sulfonamides is 1. The number of nitrogens with zero attached hydrogens (tertiary/aromatic N) is 1. The van der Waals surface area contributed by atoms with Crippen LogP contribution in [0.1, 0.15) is 18.2 Å². The van der Waals surface area contributed by atoms with Crippen molar-refractivity contribution in [2.24, 2.45) is 0 Å². The van der Waals surface area contributed by atoms with Gasteiger partial charge in [-0.15, -0.1) is 0 Å². The van der Waals surface area contributed by atoms with E-state index in [4.69, 9.17) is 4.74 Å². The summed E-state index contributed by atoms with van der Waals surface area (Å²) in [6, 6.07) is 12.8. The lowest BCUT2D eigenvalue weighted by Gasteiger charge is -2.09. The summed E-state index contributed by atoms with van der Waals surface area (Å²) in [5.41, 5.74) is 1.97. The van der Waals surface area contributed by atoms with Gasteiger partial charge in [0.15, 0.2) is 0 Å². The smallest absolute Gasteiger partial charge is 0.237 e. The Balaban J connectivity index is 1.86. The first-order chi connectivity index (χ1) is 10.5. The van der Waals surface area contributed by atoms with Gasteiger partial charge in [0.25, 0.3) is 0 Å². The molecule has 0 bridgehead atoms. The fourth-order valence-corrected chi connectivity index (χ4v) is 2.74. The Kier molecular flexibility index (Phi) is 5.38. The third-order valence-corrected chi connectivity index (χ3v) is 4.33. The Labute approximate surface area is 131 Å². The molecule has 2 rings (SSSR count). The SMILES string of the molecule is CCc1ccc(OCCS(=O)(=O)Nc2cccc(C)n2)cc1. The van der Waals surface area contributed by atoms with E-state index in [1.807, 2.05) is 24.3 Å². The van der Waals surface area contributed by atoms with E-state index >= 15 is 0 Å². The predicted molar refractivity (Wildman–Crippen MR) is 87.7 cm³/mol. The normalized spacial score (nSPS) is 11.2. The molecule has 0 unspecified atom stereocenters. The Hall–Kier alpha value is -2.08. The Morgan fingerprint density at radius 1 is 1.14 bits per heavy atom. The van der Waals surface area contributed by atoms with Gasteiger partial charge in [-0.25, -0.2) is 13.4 Å². The van der Waals surface area contributed by atoms with Crippen molar-refractivity contribution in [1.82, 2.24) is 4.98 Å². The number of pyridine rings is 1. The minimum absolute atomic E-state index is 0.0899. The standard InChI is InChI=1S/C16H20N2O3S/c1-3-14-7-9-15(10-8-14)21-11-12-22(19,20)18-16-6-4-5-13(2)17-16/h4-10H,3,11-12H2,1-2H3,(H,17,18). The average molecular weight is 320 g/mol. The van der Waals surface area contributed by atoms with E-state index in [0.29, 0.717) is 11.6 Å². The van der Waals surface area contributed by atoms with Crippen LogP contribution in [0.25, 0.3) is 0 Å². The van der Waals surface area contributed by atoms with Crippen LogP contribution in [0.15, 0.2) is 42.5 Å². The van der Waals surface area contributed by atoms with Crippen molar-refractivity contribution in [2.45, 2.75) is 20.3 Å². The van der Waals surface area contributed by atoms with Crippen molar-refractivity contribution < 1.29 is 13.2 Å². The average Bonchev–Trinajstić information content (AvgIpc) is 2.47. The van der Waals surface area contributed by atoms with Crippen molar-refractivity contribution in [3.05, 3.63) is 53.7 Å². The number of hydrogen-bond acceptors (Lipinski definition) is 4. The summed E-state index contributed by atoms with van der Waals surface area (Å²) in [6.45, 7) is 3.97. The van der Waals surface area contributed by atoms with Gasteiger partial charge >= 0.3 is 0 Å². The lowest BCUT2D eigenvalue weighted by Crippen LogP contribution is -2.21. The van der Waals surface area contributed by atoms with Crippen molar-refractivity contribution in [3.63, 3.8) is 0 Å². The molecule has 118 valence electrons. The van der Waals surface area contributed by atoms with Crippen molar-refractivity contribution in [3.8, 4) is 5.75 Å². The van der Waals surface area contributed by atoms with Gasteiger partial charge in [-0.05, 0) is 43.2 Å². The lowest BCUT2D eigenvalue weighted by molar-refractivity contribution is 0.341. The largest absolute Gasteiger partial charge is 0.492 e. The highest BCUT2D eigenvalue weighted by atomic mass is 32.2. The number of nitrogens with one attached hydrogen (secondary N) is 1. The van der Waals surface area contributed by atoms with E-state index < -0.39 is 10.0 Å². The number of rotatable bonds is 7. The molecule has 0 fully saturated rings. The fourth-order valence-electron chi connectivity index (χ4n) is 1.90. The number of aryl methyl sites for hydroxylation is 2. The van der Waals surface area contributed by atoms with Crippen LogP contribution >= 0.6 is 0 Å². The first-order valence-electron chi connectivity index (χ1n) is 7.14. The Bertz CT molecular complexity index is 712. The molecule has 0 amide bonds. The highest BCUT2D eigenvalue weighted by molar-refractivity contribution is 7.92. The van der Waals surface area contributed by atoms with Crippen LogP contribution < -0.4 is 9.46 Å². The minimum Gasteiger partial charge on any atom is -0.492 e. The summed E-state index contributed by atoms with van der Waals surface area (Å²) in [5.74, 6) is 0.867. The molecule has 0 aliphatic rings. The van der Waals surface area contributed by atoms with Gasteiger partial charge in [0.1, 0.15) is 23.9 Å². The zero-order chi connectivity index (χ0) is 16.0. The summed E-state index contributed by atoms with van der Waals surface area (Å²) in [4.78, 5) is 4.11. The van der Waals surface area contributed by atoms with Crippen molar-refractivity contribution in [1.29, 1.82) is 0 Å². The summed E-state index contributed by atoms with van der Waals surface area (Å²) >= 11 is 0. The third kappa shape index (κ3) is 5.04. The van der Waals surface area contributed by atoms with E-state index in [1.165, 1.54) is 5.56 Å². The van der Waals surface area contributed by atoms with E-state index in [0.717, 1.165) is 12.1 Å². The van der Waals surface area contributed by atoms with Crippen LogP contribution in [0, 0.1) is 6.92 Å². The van der Waals surface area contributed by atoms with Gasteiger partial charge in [0, 0.05) is 5.69 Å². The van der Waals surface area contributed by atoms with Gasteiger partial charge in [0.05, 0.1) is 0 Å². The molecule has 0 saturated heterocycles. The molecule has 1 aromatic heterocycles. The topological polar surface area (TPSA) is 68.3 Å². The third-order valence-electron chi connectivity index (χ3n) is 3.10. The van der Waals surface area contributed by atoms with Crippen LogP contribution in [0.4, 0.5) is 5.82 Å². The Morgan fingerprint density at radius 3 is 2.50 bits per heavy atom. The maximum atomic E-state index is 12.0. The summed E-state index contributed by atoms with van der Waals surface area (Å²) < 4.78 is 31.8. The van der Waals surface area contributed by atoms with Gasteiger partial charge < -0.3 is 4.74 Å². The summed E-state index contributed by atoms with van der Waals surface area (Å²) in [5, 5.41) is 0. The number of anilines is 1. The predicted octanol–water partition coefficient (Wildman–Crippen LogP) is 2.77. The van der Waals surface area contributed by atoms with Crippen LogP contribution in [0.5, 0.6) is 5.75 Å². The first-order valence-corrected chi connectivity index (χ1v) is 8.79. The minimum atomic E-state index is -3.47. The monoisotopic (exact) mass is 320 g/mol. The first kappa shape index (κ1) is 16.3. The van der Waals surface area contributed by atoms with Crippen LogP contribution in [-0.2, 0) is 16.4 Å². The second-order valence-corrected chi connectivity index (χ2v) is 6.77. The van der Waals surface area contributed by atoms with Gasteiger partial charge in [-0.3, -0.25) is 4.72 Å². The molecule has 6 heteroatoms. The van der Waals surface area contributed by atoms with Crippen molar-refractivity contribution >= 4 is 15.8 Å². The van der Waals surface area contributed by atoms with E-state index in [1.54, 1.807) is 25.1 Å². The molecule has 1 heterocycles. The molecular formula is C16H20N2O3S.